The third-order valence-electron chi connectivity index (χ3n) is 2.62. The number of carbonyl (C=O) groups is 1. The fourth-order valence-corrected chi connectivity index (χ4v) is 1.52. The van der Waals surface area contributed by atoms with Gasteiger partial charge < -0.3 is 0 Å². The number of Topliss-reactive ketones (excluding diaryl/α,β-unsaturated/α-hetero) is 1. The average molecular weight is 230 g/mol. The number of nitrogens with zero attached hydrogens (tertiary/aromatic N) is 4. The number of rotatable bonds is 4. The van der Waals surface area contributed by atoms with Gasteiger partial charge in [0.2, 0.25) is 5.82 Å². The van der Waals surface area contributed by atoms with E-state index < -0.39 is 0 Å². The van der Waals surface area contributed by atoms with E-state index in [-0.39, 0.29) is 11.8 Å². The van der Waals surface area contributed by atoms with E-state index in [1.807, 2.05) is 37.3 Å². The minimum absolute atomic E-state index is 0.0991. The third kappa shape index (κ3) is 2.38. The molecule has 88 valence electrons. The first-order valence-corrected chi connectivity index (χ1v) is 5.60. The predicted octanol–water partition coefficient (Wildman–Crippen LogP) is 1.88. The molecule has 1 heterocycles. The second kappa shape index (κ2) is 4.86. The van der Waals surface area contributed by atoms with Gasteiger partial charge >= 0.3 is 0 Å². The average Bonchev–Trinajstić information content (AvgIpc) is 2.87. The van der Waals surface area contributed by atoms with Crippen molar-refractivity contribution in [1.82, 2.24) is 20.2 Å². The molecule has 0 spiro atoms. The molecule has 1 atom stereocenters. The van der Waals surface area contributed by atoms with Crippen LogP contribution in [0.1, 0.15) is 26.3 Å². The first-order valence-electron chi connectivity index (χ1n) is 5.60. The maximum Gasteiger partial charge on any atom is 0.204 e. The Morgan fingerprint density at radius 3 is 2.71 bits per heavy atom. The monoisotopic (exact) mass is 230 g/mol. The molecule has 0 bridgehead atoms. The Balaban J connectivity index is 2.25. The molecule has 0 radical (unpaired) electrons. The lowest BCUT2D eigenvalue weighted by Gasteiger charge is -2.05. The largest absolute Gasteiger partial charge is 0.297 e. The van der Waals surface area contributed by atoms with Crippen LogP contribution in [-0.4, -0.2) is 26.0 Å². The summed E-state index contributed by atoms with van der Waals surface area (Å²) in [5.74, 6) is 0.642. The van der Waals surface area contributed by atoms with E-state index in [9.17, 15) is 4.79 Å². The molecule has 0 fully saturated rings. The molecule has 2 rings (SSSR count). The van der Waals surface area contributed by atoms with Gasteiger partial charge in [-0.25, -0.2) is 0 Å². The topological polar surface area (TPSA) is 60.7 Å². The second-order valence-corrected chi connectivity index (χ2v) is 3.80. The Morgan fingerprint density at radius 2 is 2.06 bits per heavy atom. The molecule has 5 heteroatoms. The lowest BCUT2D eigenvalue weighted by atomic mass is 10.2. The molecule has 0 aliphatic rings. The zero-order valence-electron chi connectivity index (χ0n) is 9.87. The van der Waals surface area contributed by atoms with Crippen molar-refractivity contribution in [1.29, 1.82) is 0 Å². The van der Waals surface area contributed by atoms with E-state index >= 15 is 0 Å². The summed E-state index contributed by atoms with van der Waals surface area (Å²) in [4.78, 5) is 12.9. The quantitative estimate of drug-likeness (QED) is 0.804. The van der Waals surface area contributed by atoms with Crippen LogP contribution in [0.4, 0.5) is 0 Å². The van der Waals surface area contributed by atoms with Gasteiger partial charge in [0.25, 0.3) is 0 Å². The highest BCUT2D eigenvalue weighted by atomic mass is 16.1. The zero-order valence-corrected chi connectivity index (χ0v) is 9.87. The van der Waals surface area contributed by atoms with Crippen molar-refractivity contribution in [3.8, 4) is 11.4 Å². The molecular weight excluding hydrogens is 216 g/mol. The number of tetrazole rings is 1. The molecule has 5 nitrogen and oxygen atoms in total. The lowest BCUT2D eigenvalue weighted by molar-refractivity contribution is -0.122. The highest BCUT2D eigenvalue weighted by Crippen LogP contribution is 2.14. The van der Waals surface area contributed by atoms with E-state index in [1.165, 1.54) is 4.80 Å². The van der Waals surface area contributed by atoms with Crippen LogP contribution in [0.15, 0.2) is 30.3 Å². The van der Waals surface area contributed by atoms with Crippen molar-refractivity contribution in [3.05, 3.63) is 30.3 Å². The van der Waals surface area contributed by atoms with Gasteiger partial charge in [0.05, 0.1) is 0 Å². The van der Waals surface area contributed by atoms with Crippen molar-refractivity contribution in [2.24, 2.45) is 0 Å². The standard InChI is InChI=1S/C12H14N4O/c1-3-11(17)9(2)16-14-12(13-15-16)10-7-5-4-6-8-10/h4-9H,3H2,1-2H3. The van der Waals surface area contributed by atoms with Gasteiger partial charge in [-0.1, -0.05) is 37.3 Å². The second-order valence-electron chi connectivity index (χ2n) is 3.80. The van der Waals surface area contributed by atoms with Gasteiger partial charge in [-0.3, -0.25) is 4.79 Å². The van der Waals surface area contributed by atoms with Crippen LogP contribution < -0.4 is 0 Å². The number of carbonyl (C=O) groups excluding carboxylic acids is 1. The van der Waals surface area contributed by atoms with Crippen molar-refractivity contribution < 1.29 is 4.79 Å². The van der Waals surface area contributed by atoms with Crippen LogP contribution in [0.5, 0.6) is 0 Å². The predicted molar refractivity (Wildman–Crippen MR) is 63.3 cm³/mol. The molecule has 17 heavy (non-hydrogen) atoms. The first-order chi connectivity index (χ1) is 8.22. The molecule has 1 aromatic carbocycles. The minimum atomic E-state index is -0.357. The van der Waals surface area contributed by atoms with E-state index in [1.54, 1.807) is 6.92 Å². The molecule has 0 aliphatic heterocycles. The van der Waals surface area contributed by atoms with E-state index in [4.69, 9.17) is 0 Å². The van der Waals surface area contributed by atoms with E-state index in [0.717, 1.165) is 5.56 Å². The van der Waals surface area contributed by atoms with E-state index in [2.05, 4.69) is 15.4 Å². The summed E-state index contributed by atoms with van der Waals surface area (Å²) in [5, 5.41) is 12.1. The van der Waals surface area contributed by atoms with Crippen LogP contribution in [0, 0.1) is 0 Å². The van der Waals surface area contributed by atoms with Gasteiger partial charge in [0, 0.05) is 12.0 Å². The molecule has 2 aromatic rings. The fraction of sp³-hybridized carbons (Fsp3) is 0.333. The fourth-order valence-electron chi connectivity index (χ4n) is 1.52. The summed E-state index contributed by atoms with van der Waals surface area (Å²) in [6, 6.07) is 9.22. The molecule has 1 aromatic heterocycles. The lowest BCUT2D eigenvalue weighted by Crippen LogP contribution is -2.18. The number of hydrogen-bond acceptors (Lipinski definition) is 4. The van der Waals surface area contributed by atoms with Crippen LogP contribution in [-0.2, 0) is 4.79 Å². The summed E-state index contributed by atoms with van der Waals surface area (Å²) in [7, 11) is 0. The van der Waals surface area contributed by atoms with Gasteiger partial charge in [-0.2, -0.15) is 4.80 Å². The summed E-state index contributed by atoms with van der Waals surface area (Å²) in [6.45, 7) is 3.61. The van der Waals surface area contributed by atoms with Crippen molar-refractivity contribution in [2.75, 3.05) is 0 Å². The Kier molecular flexibility index (Phi) is 3.27. The SMILES string of the molecule is CCC(=O)C(C)n1nnc(-c2ccccc2)n1. The smallest absolute Gasteiger partial charge is 0.204 e. The normalized spacial score (nSPS) is 12.4. The van der Waals surface area contributed by atoms with Gasteiger partial charge in [0.1, 0.15) is 6.04 Å². The molecule has 0 N–H and O–H groups in total. The van der Waals surface area contributed by atoms with Crippen LogP contribution >= 0.6 is 0 Å². The van der Waals surface area contributed by atoms with Crippen LogP contribution in [0.25, 0.3) is 11.4 Å². The van der Waals surface area contributed by atoms with Crippen LogP contribution in [0.3, 0.4) is 0 Å². The number of hydrogen-bond donors (Lipinski definition) is 0. The maximum atomic E-state index is 11.5. The number of aromatic nitrogens is 4. The number of ketones is 1. The molecular formula is C12H14N4O. The summed E-state index contributed by atoms with van der Waals surface area (Å²) < 4.78 is 0. The molecule has 0 saturated carbocycles. The summed E-state index contributed by atoms with van der Waals surface area (Å²) in [5.41, 5.74) is 0.898. The Morgan fingerprint density at radius 1 is 1.35 bits per heavy atom. The highest BCUT2D eigenvalue weighted by molar-refractivity contribution is 5.81. The Bertz CT molecular complexity index is 506. The van der Waals surface area contributed by atoms with Crippen molar-refractivity contribution >= 4 is 5.78 Å². The minimum Gasteiger partial charge on any atom is -0.297 e. The van der Waals surface area contributed by atoms with Gasteiger partial charge in [-0.15, -0.1) is 10.2 Å². The Labute approximate surface area is 99.5 Å². The molecule has 0 amide bonds. The molecule has 0 aliphatic carbocycles. The summed E-state index contributed by atoms with van der Waals surface area (Å²) in [6.07, 6.45) is 0.476. The summed E-state index contributed by atoms with van der Waals surface area (Å²) >= 11 is 0. The highest BCUT2D eigenvalue weighted by Gasteiger charge is 2.16. The third-order valence-corrected chi connectivity index (χ3v) is 2.62. The molecule has 1 unspecified atom stereocenters. The van der Waals surface area contributed by atoms with Crippen molar-refractivity contribution in [3.63, 3.8) is 0 Å². The maximum absolute atomic E-state index is 11.5. The van der Waals surface area contributed by atoms with Gasteiger partial charge in [-0.05, 0) is 12.1 Å². The zero-order chi connectivity index (χ0) is 12.3. The van der Waals surface area contributed by atoms with Crippen molar-refractivity contribution in [2.45, 2.75) is 26.3 Å². The number of benzene rings is 1. The first kappa shape index (κ1) is 11.4. The molecule has 0 saturated heterocycles. The Hall–Kier alpha value is -2.04. The van der Waals surface area contributed by atoms with Gasteiger partial charge in [0.15, 0.2) is 5.78 Å². The van der Waals surface area contributed by atoms with E-state index in [0.29, 0.717) is 12.2 Å². The van der Waals surface area contributed by atoms with Crippen LogP contribution in [0.2, 0.25) is 0 Å².